The molecule has 31 heavy (non-hydrogen) atoms. The van der Waals surface area contributed by atoms with Crippen molar-refractivity contribution < 1.29 is 40.6 Å². The van der Waals surface area contributed by atoms with Gasteiger partial charge in [-0.05, 0) is 32.4 Å². The summed E-state index contributed by atoms with van der Waals surface area (Å²) in [5.41, 5.74) is -1.53. The second-order valence-electron chi connectivity index (χ2n) is 7.67. The lowest BCUT2D eigenvalue weighted by molar-refractivity contribution is -0.190. The Kier molecular flexibility index (Phi) is 6.13. The molecule has 2 aliphatic rings. The van der Waals surface area contributed by atoms with Crippen LogP contribution in [0.1, 0.15) is 32.8 Å². The normalized spacial score (nSPS) is 23.6. The molecule has 1 aromatic rings. The van der Waals surface area contributed by atoms with Gasteiger partial charge in [0.1, 0.15) is 13.2 Å². The highest BCUT2D eigenvalue weighted by Crippen LogP contribution is 2.52. The summed E-state index contributed by atoms with van der Waals surface area (Å²) < 4.78 is 98.2. The van der Waals surface area contributed by atoms with Gasteiger partial charge >= 0.3 is 12.4 Å². The van der Waals surface area contributed by atoms with Crippen molar-refractivity contribution in [1.82, 2.24) is 0 Å². The average molecular weight is 454 g/mol. The zero-order chi connectivity index (χ0) is 23.2. The summed E-state index contributed by atoms with van der Waals surface area (Å²) in [4.78, 5) is 1.05. The third kappa shape index (κ3) is 4.72. The lowest BCUT2D eigenvalue weighted by Gasteiger charge is -2.42. The van der Waals surface area contributed by atoms with Gasteiger partial charge in [-0.15, -0.1) is 0 Å². The van der Waals surface area contributed by atoms with E-state index in [-0.39, 0.29) is 29.3 Å². The van der Waals surface area contributed by atoms with E-state index in [9.17, 15) is 26.3 Å². The molecular weight excluding hydrogens is 430 g/mol. The number of fused-ring (bicyclic) bond motifs is 3. The lowest BCUT2D eigenvalue weighted by atomic mass is 9.94. The molecule has 0 fully saturated rings. The van der Waals surface area contributed by atoms with Crippen molar-refractivity contribution in [2.45, 2.75) is 57.6 Å². The van der Waals surface area contributed by atoms with Crippen molar-refractivity contribution in [3.63, 3.8) is 0 Å². The summed E-state index contributed by atoms with van der Waals surface area (Å²) in [5.74, 6) is -2.15. The first kappa shape index (κ1) is 23.5. The van der Waals surface area contributed by atoms with E-state index < -0.39 is 42.5 Å². The van der Waals surface area contributed by atoms with E-state index in [0.29, 0.717) is 6.42 Å². The molecular formula is C20H24F6N2O3. The van der Waals surface area contributed by atoms with Gasteiger partial charge < -0.3 is 24.4 Å². The zero-order valence-electron chi connectivity index (χ0n) is 17.4. The Balaban J connectivity index is 2.19. The minimum absolute atomic E-state index is 0.0158. The summed E-state index contributed by atoms with van der Waals surface area (Å²) in [5, 5.41) is 2.79. The number of methoxy groups -OCH3 is 1. The predicted octanol–water partition coefficient (Wildman–Crippen LogP) is 5.32. The molecule has 174 valence electrons. The molecule has 5 nitrogen and oxygen atoms in total. The molecule has 2 atom stereocenters. The predicted molar refractivity (Wildman–Crippen MR) is 103 cm³/mol. The lowest BCUT2D eigenvalue weighted by Crippen LogP contribution is -2.48. The summed E-state index contributed by atoms with van der Waals surface area (Å²) >= 11 is 0. The van der Waals surface area contributed by atoms with Crippen LogP contribution in [0, 0.1) is 0 Å². The molecule has 0 bridgehead atoms. The number of rotatable bonds is 5. The average Bonchev–Trinajstić information content (AvgIpc) is 2.64. The minimum Gasteiger partial charge on any atom is -0.489 e. The summed E-state index contributed by atoms with van der Waals surface area (Å²) in [6, 6.07) is 1.99. The van der Waals surface area contributed by atoms with Gasteiger partial charge in [-0.2, -0.15) is 26.3 Å². The highest BCUT2D eigenvalue weighted by molar-refractivity contribution is 5.90. The molecule has 0 saturated carbocycles. The van der Waals surface area contributed by atoms with E-state index in [1.165, 1.54) is 19.2 Å². The third-order valence-electron chi connectivity index (χ3n) is 5.06. The van der Waals surface area contributed by atoms with Gasteiger partial charge in [-0.1, -0.05) is 6.92 Å². The van der Waals surface area contributed by atoms with Crippen molar-refractivity contribution in [2.24, 2.45) is 0 Å². The Labute approximate surface area is 175 Å². The Morgan fingerprint density at radius 1 is 1.23 bits per heavy atom. The van der Waals surface area contributed by atoms with Crippen molar-refractivity contribution in [2.75, 3.05) is 30.5 Å². The number of alkyl halides is 6. The Hall–Kier alpha value is -2.14. The molecule has 2 aliphatic heterocycles. The van der Waals surface area contributed by atoms with E-state index in [4.69, 9.17) is 14.2 Å². The first-order valence-electron chi connectivity index (χ1n) is 9.75. The summed E-state index contributed by atoms with van der Waals surface area (Å²) in [6.07, 6.45) is -8.77. The maximum absolute atomic E-state index is 14.1. The van der Waals surface area contributed by atoms with E-state index >= 15 is 0 Å². The van der Waals surface area contributed by atoms with E-state index in [1.54, 1.807) is 20.8 Å². The Morgan fingerprint density at radius 2 is 1.90 bits per heavy atom. The van der Waals surface area contributed by atoms with Crippen molar-refractivity contribution in [3.05, 3.63) is 23.8 Å². The quantitative estimate of drug-likeness (QED) is 0.482. The Morgan fingerprint density at radius 3 is 2.42 bits per heavy atom. The number of ether oxygens (including phenoxy) is 3. The SMILES string of the molecule is CCC1COc2c(ccc3c2C(C(F)(F)F)=CC(OC)(OC(C)C)N3)N1CC(F)(F)F. The molecule has 1 N–H and O–H groups in total. The van der Waals surface area contributed by atoms with Crippen LogP contribution in [0.15, 0.2) is 18.2 Å². The van der Waals surface area contributed by atoms with Crippen molar-refractivity contribution in [1.29, 1.82) is 0 Å². The number of hydrogen-bond acceptors (Lipinski definition) is 5. The van der Waals surface area contributed by atoms with Gasteiger partial charge in [-0.25, -0.2) is 0 Å². The molecule has 0 aliphatic carbocycles. The van der Waals surface area contributed by atoms with E-state index in [0.717, 1.165) is 11.0 Å². The number of anilines is 2. The molecule has 3 rings (SSSR count). The highest BCUT2D eigenvalue weighted by atomic mass is 19.4. The van der Waals surface area contributed by atoms with Crippen LogP contribution in [0.25, 0.3) is 5.57 Å². The van der Waals surface area contributed by atoms with Crippen LogP contribution in [-0.4, -0.2) is 50.7 Å². The molecule has 0 aromatic heterocycles. The smallest absolute Gasteiger partial charge is 0.417 e. The number of allylic oxidation sites excluding steroid dienone is 1. The van der Waals surface area contributed by atoms with E-state index in [1.807, 2.05) is 0 Å². The first-order valence-corrected chi connectivity index (χ1v) is 9.75. The fourth-order valence-electron chi connectivity index (χ4n) is 3.81. The van der Waals surface area contributed by atoms with Crippen LogP contribution < -0.4 is 15.0 Å². The monoisotopic (exact) mass is 454 g/mol. The van der Waals surface area contributed by atoms with Crippen molar-refractivity contribution >= 4 is 16.9 Å². The van der Waals surface area contributed by atoms with Gasteiger partial charge in [0, 0.05) is 13.2 Å². The molecule has 0 saturated heterocycles. The van der Waals surface area contributed by atoms with Crippen molar-refractivity contribution in [3.8, 4) is 5.75 Å². The van der Waals surface area contributed by atoms with Gasteiger partial charge in [0.2, 0.25) is 0 Å². The van der Waals surface area contributed by atoms with Gasteiger partial charge in [0.25, 0.3) is 5.91 Å². The second kappa shape index (κ2) is 8.09. The first-order chi connectivity index (χ1) is 14.3. The van der Waals surface area contributed by atoms with E-state index in [2.05, 4.69) is 5.32 Å². The largest absolute Gasteiger partial charge is 0.489 e. The van der Waals surface area contributed by atoms with Gasteiger partial charge in [0.05, 0.1) is 34.7 Å². The zero-order valence-corrected chi connectivity index (χ0v) is 17.4. The number of benzene rings is 1. The maximum atomic E-state index is 14.1. The maximum Gasteiger partial charge on any atom is 0.417 e. The molecule has 2 unspecified atom stereocenters. The Bertz CT molecular complexity index is 853. The molecule has 1 aromatic carbocycles. The topological polar surface area (TPSA) is 43.0 Å². The molecule has 2 heterocycles. The van der Waals surface area contributed by atoms with Crippen LogP contribution >= 0.6 is 0 Å². The standard InChI is InChI=1S/C20H24F6N2O3/c1-5-12-9-30-17-15(28(12)10-18(21,22)23)7-6-14-16(17)13(20(24,25)26)8-19(27-14,29-4)31-11(2)3/h6-8,11-12,27H,5,9-10H2,1-4H3. The summed E-state index contributed by atoms with van der Waals surface area (Å²) in [6.45, 7) is 3.50. The number of nitrogens with zero attached hydrogens (tertiary/aromatic N) is 1. The van der Waals surface area contributed by atoms with Gasteiger partial charge in [-0.3, -0.25) is 0 Å². The highest BCUT2D eigenvalue weighted by Gasteiger charge is 2.48. The minimum atomic E-state index is -4.84. The fraction of sp³-hybridized carbons (Fsp3) is 0.600. The second-order valence-corrected chi connectivity index (χ2v) is 7.67. The molecule has 0 radical (unpaired) electrons. The van der Waals surface area contributed by atoms with Crippen LogP contribution in [0.2, 0.25) is 0 Å². The molecule has 11 heteroatoms. The third-order valence-corrected chi connectivity index (χ3v) is 5.06. The number of nitrogens with one attached hydrogen (secondary N) is 1. The van der Waals surface area contributed by atoms with Crippen LogP contribution in [-0.2, 0) is 9.47 Å². The van der Waals surface area contributed by atoms with Crippen LogP contribution in [0.5, 0.6) is 5.75 Å². The fourth-order valence-corrected chi connectivity index (χ4v) is 3.81. The number of hydrogen-bond donors (Lipinski definition) is 1. The number of halogens is 6. The summed E-state index contributed by atoms with van der Waals surface area (Å²) in [7, 11) is 1.19. The molecule has 0 spiro atoms. The van der Waals surface area contributed by atoms with Gasteiger partial charge in [0.15, 0.2) is 5.75 Å². The van der Waals surface area contributed by atoms with Crippen LogP contribution in [0.3, 0.4) is 0 Å². The van der Waals surface area contributed by atoms with Crippen LogP contribution in [0.4, 0.5) is 37.7 Å². The molecule has 0 amide bonds.